The number of nitrogens with zero attached hydrogens (tertiary/aromatic N) is 2. The maximum atomic E-state index is 12.9. The van der Waals surface area contributed by atoms with E-state index in [1.807, 2.05) is 0 Å². The summed E-state index contributed by atoms with van der Waals surface area (Å²) in [7, 11) is -3.35. The van der Waals surface area contributed by atoms with Gasteiger partial charge in [0.1, 0.15) is 0 Å². The highest BCUT2D eigenvalue weighted by Gasteiger charge is 2.41. The average Bonchev–Trinajstić information content (AvgIpc) is 3.28. The minimum atomic E-state index is -4.11. The van der Waals surface area contributed by atoms with E-state index >= 15 is 0 Å². The van der Waals surface area contributed by atoms with Crippen LogP contribution in [0.25, 0.3) is 0 Å². The summed E-state index contributed by atoms with van der Waals surface area (Å²) in [6.45, 7) is 3.09. The molecule has 1 aliphatic carbocycles. The third kappa shape index (κ3) is 6.50. The van der Waals surface area contributed by atoms with Gasteiger partial charge in [-0.25, -0.2) is 8.42 Å². The second-order valence-electron chi connectivity index (χ2n) is 9.94. The second-order valence-corrected chi connectivity index (χ2v) is 12.2. The summed E-state index contributed by atoms with van der Waals surface area (Å²) in [6.07, 6.45) is -1.14. The summed E-state index contributed by atoms with van der Waals surface area (Å²) >= 11 is 0. The first-order valence-corrected chi connectivity index (χ1v) is 14.2. The fourth-order valence-electron chi connectivity index (χ4n) is 5.17. The number of hydrogen-bond donors (Lipinski definition) is 2. The van der Waals surface area contributed by atoms with Gasteiger partial charge in [-0.3, -0.25) is 14.7 Å². The molecule has 202 valence electrons. The van der Waals surface area contributed by atoms with Crippen molar-refractivity contribution in [3.8, 4) is 0 Å². The number of halogens is 3. The molecule has 0 spiro atoms. The highest BCUT2D eigenvalue weighted by Crippen LogP contribution is 2.40. The number of nitrogens with one attached hydrogen (secondary N) is 1. The lowest BCUT2D eigenvalue weighted by Gasteiger charge is -2.32. The zero-order chi connectivity index (χ0) is 26.8. The molecule has 1 aliphatic heterocycles. The predicted octanol–water partition coefficient (Wildman–Crippen LogP) is 4.02. The van der Waals surface area contributed by atoms with Gasteiger partial charge in [-0.15, -0.1) is 0 Å². The normalized spacial score (nSPS) is 21.4. The van der Waals surface area contributed by atoms with E-state index in [0.29, 0.717) is 43.6 Å². The smallest absolute Gasteiger partial charge is 0.391 e. The first-order chi connectivity index (χ1) is 17.5. The van der Waals surface area contributed by atoms with E-state index in [9.17, 15) is 31.5 Å². The quantitative estimate of drug-likeness (QED) is 0.526. The van der Waals surface area contributed by atoms with E-state index in [1.54, 1.807) is 25.1 Å². The lowest BCUT2D eigenvalue weighted by Crippen LogP contribution is -2.32. The standard InChI is InChI=1S/C26H32F3N3O4S/c1-2-37(35,36)22-9-5-18(6-10-22)24(16-33)31-25(34)19-11-20-14-32(15-23(20)30-12-19)13-17-3-7-21(8-4-17)26(27,28)29/h5-6,9-12,17,21,24,33H,2-4,7-8,13-16H2,1H3,(H,31,34)/t17?,21?,24-/m0/s1. The summed E-state index contributed by atoms with van der Waals surface area (Å²) in [5.41, 5.74) is 2.68. The molecule has 0 radical (unpaired) electrons. The van der Waals surface area contributed by atoms with Crippen LogP contribution in [-0.2, 0) is 22.9 Å². The van der Waals surface area contributed by atoms with Crippen LogP contribution in [0.3, 0.4) is 0 Å². The molecule has 0 bridgehead atoms. The Morgan fingerprint density at radius 3 is 2.43 bits per heavy atom. The average molecular weight is 540 g/mol. The summed E-state index contributed by atoms with van der Waals surface area (Å²) in [4.78, 5) is 19.7. The molecule has 1 saturated carbocycles. The number of rotatable bonds is 8. The van der Waals surface area contributed by atoms with E-state index < -0.39 is 33.9 Å². The van der Waals surface area contributed by atoms with Crippen molar-refractivity contribution in [3.05, 3.63) is 58.9 Å². The van der Waals surface area contributed by atoms with Gasteiger partial charge in [-0.2, -0.15) is 13.2 Å². The van der Waals surface area contributed by atoms with Crippen LogP contribution >= 0.6 is 0 Å². The molecule has 4 rings (SSSR count). The maximum Gasteiger partial charge on any atom is 0.391 e. The van der Waals surface area contributed by atoms with Crippen molar-refractivity contribution >= 4 is 15.7 Å². The zero-order valence-electron chi connectivity index (χ0n) is 20.7. The molecule has 2 aromatic rings. The number of carbonyl (C=O) groups is 1. The molecule has 1 atom stereocenters. The number of hydrogen-bond acceptors (Lipinski definition) is 6. The first kappa shape index (κ1) is 27.5. The van der Waals surface area contributed by atoms with Gasteiger partial charge in [0.15, 0.2) is 9.84 Å². The van der Waals surface area contributed by atoms with Gasteiger partial charge in [0.2, 0.25) is 0 Å². The van der Waals surface area contributed by atoms with Gasteiger partial charge >= 0.3 is 6.18 Å². The summed E-state index contributed by atoms with van der Waals surface area (Å²) in [5, 5.41) is 12.6. The number of pyridine rings is 1. The number of benzene rings is 1. The molecule has 37 heavy (non-hydrogen) atoms. The topological polar surface area (TPSA) is 99.6 Å². The largest absolute Gasteiger partial charge is 0.394 e. The van der Waals surface area contributed by atoms with Crippen molar-refractivity contribution in [2.75, 3.05) is 18.9 Å². The fraction of sp³-hybridized carbons (Fsp3) is 0.538. The Balaban J connectivity index is 1.35. The number of sulfone groups is 1. The van der Waals surface area contributed by atoms with Crippen molar-refractivity contribution < 1.29 is 31.5 Å². The Labute approximate surface area is 215 Å². The van der Waals surface area contributed by atoms with Crippen molar-refractivity contribution in [1.82, 2.24) is 15.2 Å². The van der Waals surface area contributed by atoms with Gasteiger partial charge in [0, 0.05) is 25.8 Å². The Hall–Kier alpha value is -2.50. The summed E-state index contributed by atoms with van der Waals surface area (Å²) < 4.78 is 62.9. The van der Waals surface area contributed by atoms with Crippen molar-refractivity contribution in [2.24, 2.45) is 11.8 Å². The molecule has 1 fully saturated rings. The van der Waals surface area contributed by atoms with Crippen LogP contribution < -0.4 is 5.32 Å². The number of amides is 1. The SMILES string of the molecule is CCS(=O)(=O)c1ccc([C@H](CO)NC(=O)c2cnc3c(c2)CN(CC2CCC(C(F)(F)F)CC2)C3)cc1. The zero-order valence-corrected chi connectivity index (χ0v) is 21.5. The van der Waals surface area contributed by atoms with Crippen LogP contribution in [0.15, 0.2) is 41.4 Å². The first-order valence-electron chi connectivity index (χ1n) is 12.5. The minimum absolute atomic E-state index is 0.0194. The molecule has 0 unspecified atom stereocenters. The van der Waals surface area contributed by atoms with Crippen molar-refractivity contribution in [3.63, 3.8) is 0 Å². The van der Waals surface area contributed by atoms with Gasteiger partial charge < -0.3 is 10.4 Å². The minimum Gasteiger partial charge on any atom is -0.394 e. The highest BCUT2D eigenvalue weighted by molar-refractivity contribution is 7.91. The van der Waals surface area contributed by atoms with E-state index in [0.717, 1.165) is 11.3 Å². The van der Waals surface area contributed by atoms with E-state index in [2.05, 4.69) is 15.2 Å². The molecule has 1 aromatic carbocycles. The van der Waals surface area contributed by atoms with Gasteiger partial charge in [-0.05, 0) is 60.9 Å². The molecule has 0 saturated heterocycles. The molecular formula is C26H32F3N3O4S. The van der Waals surface area contributed by atoms with Crippen LogP contribution in [-0.4, -0.2) is 54.4 Å². The third-order valence-corrected chi connectivity index (χ3v) is 9.18. The van der Waals surface area contributed by atoms with Gasteiger partial charge in [0.25, 0.3) is 5.91 Å². The molecular weight excluding hydrogens is 507 g/mol. The predicted molar refractivity (Wildman–Crippen MR) is 131 cm³/mol. The van der Waals surface area contributed by atoms with Gasteiger partial charge in [-0.1, -0.05) is 19.1 Å². The van der Waals surface area contributed by atoms with Crippen LogP contribution in [0, 0.1) is 11.8 Å². The number of aromatic nitrogens is 1. The molecule has 7 nitrogen and oxygen atoms in total. The number of aliphatic hydroxyl groups excluding tert-OH is 1. The third-order valence-electron chi connectivity index (χ3n) is 7.42. The molecule has 1 aromatic heterocycles. The van der Waals surface area contributed by atoms with Crippen molar-refractivity contribution in [1.29, 1.82) is 0 Å². The Bertz CT molecular complexity index is 1210. The maximum absolute atomic E-state index is 12.9. The molecule has 1 amide bonds. The number of aliphatic hydroxyl groups is 1. The van der Waals surface area contributed by atoms with Crippen molar-refractivity contribution in [2.45, 2.75) is 62.8 Å². The number of fused-ring (bicyclic) bond motifs is 1. The molecule has 11 heteroatoms. The molecule has 2 N–H and O–H groups in total. The summed E-state index contributed by atoms with van der Waals surface area (Å²) in [6, 6.07) is 7.12. The summed E-state index contributed by atoms with van der Waals surface area (Å²) in [5.74, 6) is -1.40. The van der Waals surface area contributed by atoms with E-state index in [4.69, 9.17) is 0 Å². The van der Waals surface area contributed by atoms with E-state index in [-0.39, 0.29) is 36.0 Å². The van der Waals surface area contributed by atoms with Crippen LogP contribution in [0.1, 0.15) is 65.8 Å². The van der Waals surface area contributed by atoms with E-state index in [1.165, 1.54) is 18.3 Å². The monoisotopic (exact) mass is 539 g/mol. The second kappa shape index (κ2) is 11.1. The van der Waals surface area contributed by atoms with Gasteiger partial charge in [0.05, 0.1) is 40.5 Å². The van der Waals surface area contributed by atoms with Crippen LogP contribution in [0.2, 0.25) is 0 Å². The molecule has 2 aliphatic rings. The Morgan fingerprint density at radius 1 is 1.16 bits per heavy atom. The Morgan fingerprint density at radius 2 is 1.84 bits per heavy atom. The Kier molecular flexibility index (Phi) is 8.25. The van der Waals surface area contributed by atoms with Crippen LogP contribution in [0.4, 0.5) is 13.2 Å². The number of alkyl halides is 3. The lowest BCUT2D eigenvalue weighted by molar-refractivity contribution is -0.184. The molecule has 2 heterocycles. The highest BCUT2D eigenvalue weighted by atomic mass is 32.2. The lowest BCUT2D eigenvalue weighted by atomic mass is 9.81. The fourth-order valence-corrected chi connectivity index (χ4v) is 6.05. The van der Waals surface area contributed by atoms with Crippen LogP contribution in [0.5, 0.6) is 0 Å². The number of carbonyl (C=O) groups excluding carboxylic acids is 1.